The van der Waals surface area contributed by atoms with Gasteiger partial charge in [-0.1, -0.05) is 11.8 Å². The van der Waals surface area contributed by atoms with Crippen LogP contribution in [0.25, 0.3) is 4.96 Å². The number of hydrogen-bond acceptors (Lipinski definition) is 5. The summed E-state index contributed by atoms with van der Waals surface area (Å²) in [6, 6.07) is 0.656. The van der Waals surface area contributed by atoms with Crippen LogP contribution in [0.3, 0.4) is 0 Å². The van der Waals surface area contributed by atoms with Crippen LogP contribution in [0.5, 0.6) is 0 Å². The summed E-state index contributed by atoms with van der Waals surface area (Å²) in [6.45, 7) is 0.795. The van der Waals surface area contributed by atoms with E-state index in [0.29, 0.717) is 6.04 Å². The Balaban J connectivity index is 1.82. The number of rotatable bonds is 6. The number of carbonyl (C=O) groups is 1. The predicted octanol–water partition coefficient (Wildman–Crippen LogP) is 1.23. The lowest BCUT2D eigenvalue weighted by atomic mass is 10.4. The Morgan fingerprint density at radius 3 is 3.22 bits per heavy atom. The Hall–Kier alpha value is -1.05. The van der Waals surface area contributed by atoms with Crippen LogP contribution in [-0.2, 0) is 11.3 Å². The molecule has 0 spiro atoms. The summed E-state index contributed by atoms with van der Waals surface area (Å²) in [6.07, 6.45) is 4.54. The van der Waals surface area contributed by atoms with Gasteiger partial charge in [-0.05, 0) is 12.8 Å². The summed E-state index contributed by atoms with van der Waals surface area (Å²) >= 11 is 3.02. The lowest BCUT2D eigenvalue weighted by Crippen LogP contribution is -2.17. The van der Waals surface area contributed by atoms with Crippen LogP contribution in [0.15, 0.2) is 16.6 Å². The SMILES string of the molecule is NC(=O)CSc1nc2sccn2c1CNC1CC1. The predicted molar refractivity (Wildman–Crippen MR) is 72.8 cm³/mol. The number of thiazole rings is 1. The maximum absolute atomic E-state index is 10.9. The fourth-order valence-electron chi connectivity index (χ4n) is 1.76. The molecule has 96 valence electrons. The van der Waals surface area contributed by atoms with Crippen molar-refractivity contribution >= 4 is 34.0 Å². The summed E-state index contributed by atoms with van der Waals surface area (Å²) in [7, 11) is 0. The Morgan fingerprint density at radius 2 is 2.50 bits per heavy atom. The Labute approximate surface area is 113 Å². The van der Waals surface area contributed by atoms with Crippen LogP contribution in [0.2, 0.25) is 0 Å². The maximum Gasteiger partial charge on any atom is 0.227 e. The molecular weight excluding hydrogens is 268 g/mol. The first-order chi connectivity index (χ1) is 8.74. The molecule has 0 radical (unpaired) electrons. The zero-order valence-corrected chi connectivity index (χ0v) is 11.4. The van der Waals surface area contributed by atoms with Crippen molar-refractivity contribution in [3.8, 4) is 0 Å². The van der Waals surface area contributed by atoms with Crippen molar-refractivity contribution in [1.82, 2.24) is 14.7 Å². The van der Waals surface area contributed by atoms with E-state index in [1.807, 2.05) is 11.6 Å². The van der Waals surface area contributed by atoms with Gasteiger partial charge in [0.25, 0.3) is 0 Å². The minimum absolute atomic E-state index is 0.279. The molecular formula is C11H14N4OS2. The van der Waals surface area contributed by atoms with Gasteiger partial charge in [-0.2, -0.15) is 0 Å². The number of hydrogen-bond donors (Lipinski definition) is 2. The van der Waals surface area contributed by atoms with Crippen LogP contribution in [0.4, 0.5) is 0 Å². The highest BCUT2D eigenvalue weighted by Gasteiger charge is 2.22. The summed E-state index contributed by atoms with van der Waals surface area (Å²) < 4.78 is 2.09. The van der Waals surface area contributed by atoms with E-state index < -0.39 is 0 Å². The zero-order valence-electron chi connectivity index (χ0n) is 9.76. The summed E-state index contributed by atoms with van der Waals surface area (Å²) in [5, 5.41) is 6.41. The molecule has 1 aliphatic carbocycles. The molecule has 5 nitrogen and oxygen atoms in total. The van der Waals surface area contributed by atoms with Gasteiger partial charge in [0.15, 0.2) is 4.96 Å². The second-order valence-corrected chi connectivity index (χ2v) is 6.17. The van der Waals surface area contributed by atoms with E-state index in [1.54, 1.807) is 11.3 Å². The number of fused-ring (bicyclic) bond motifs is 1. The third kappa shape index (κ3) is 2.52. The van der Waals surface area contributed by atoms with E-state index >= 15 is 0 Å². The lowest BCUT2D eigenvalue weighted by molar-refractivity contribution is -0.115. The molecule has 0 bridgehead atoms. The molecule has 1 amide bonds. The number of thioether (sulfide) groups is 1. The summed E-state index contributed by atoms with van der Waals surface area (Å²) in [5.74, 6) is -0.0289. The van der Waals surface area contributed by atoms with Gasteiger partial charge in [-0.15, -0.1) is 11.3 Å². The first kappa shape index (κ1) is 12.0. The van der Waals surface area contributed by atoms with Crippen LogP contribution in [0.1, 0.15) is 18.5 Å². The van der Waals surface area contributed by atoms with Crippen molar-refractivity contribution in [2.75, 3.05) is 5.75 Å². The molecule has 0 unspecified atom stereocenters. The standard InChI is InChI=1S/C11H14N4OS2/c12-9(16)6-18-10-8(5-13-7-1-2-7)15-3-4-17-11(15)14-10/h3-4,7,13H,1-2,5-6H2,(H2,12,16). The second kappa shape index (κ2) is 4.91. The van der Waals surface area contributed by atoms with E-state index in [1.165, 1.54) is 24.6 Å². The number of amides is 1. The van der Waals surface area contributed by atoms with E-state index in [-0.39, 0.29) is 11.7 Å². The smallest absolute Gasteiger partial charge is 0.227 e. The first-order valence-electron chi connectivity index (χ1n) is 5.83. The minimum atomic E-state index is -0.308. The minimum Gasteiger partial charge on any atom is -0.369 e. The Kier molecular flexibility index (Phi) is 3.27. The molecule has 18 heavy (non-hydrogen) atoms. The number of nitrogens with one attached hydrogen (secondary N) is 1. The molecule has 1 aliphatic rings. The maximum atomic E-state index is 10.9. The second-order valence-electron chi connectivity index (χ2n) is 4.33. The molecule has 3 N–H and O–H groups in total. The molecule has 1 saturated carbocycles. The molecule has 1 fully saturated rings. The van der Waals surface area contributed by atoms with Gasteiger partial charge in [0.1, 0.15) is 5.03 Å². The normalized spacial score (nSPS) is 15.3. The molecule has 2 aromatic rings. The average molecular weight is 282 g/mol. The van der Waals surface area contributed by atoms with E-state index in [0.717, 1.165) is 22.2 Å². The monoisotopic (exact) mass is 282 g/mol. The van der Waals surface area contributed by atoms with Crippen molar-refractivity contribution in [2.45, 2.75) is 30.5 Å². The van der Waals surface area contributed by atoms with Crippen molar-refractivity contribution in [3.63, 3.8) is 0 Å². The van der Waals surface area contributed by atoms with Gasteiger partial charge >= 0.3 is 0 Å². The highest BCUT2D eigenvalue weighted by atomic mass is 32.2. The van der Waals surface area contributed by atoms with Crippen molar-refractivity contribution in [3.05, 3.63) is 17.3 Å². The largest absolute Gasteiger partial charge is 0.369 e. The highest BCUT2D eigenvalue weighted by molar-refractivity contribution is 7.99. The fraction of sp³-hybridized carbons (Fsp3) is 0.455. The topological polar surface area (TPSA) is 72.4 Å². The van der Waals surface area contributed by atoms with Gasteiger partial charge in [0.2, 0.25) is 5.91 Å². The molecule has 3 rings (SSSR count). The average Bonchev–Trinajstić information content (AvgIpc) is 2.94. The van der Waals surface area contributed by atoms with Crippen molar-refractivity contribution in [1.29, 1.82) is 0 Å². The van der Waals surface area contributed by atoms with Crippen molar-refractivity contribution in [2.24, 2.45) is 5.73 Å². The third-order valence-corrected chi connectivity index (χ3v) is 4.60. The van der Waals surface area contributed by atoms with Crippen LogP contribution < -0.4 is 11.1 Å². The number of imidazole rings is 1. The van der Waals surface area contributed by atoms with Gasteiger partial charge < -0.3 is 11.1 Å². The van der Waals surface area contributed by atoms with Gasteiger partial charge in [-0.25, -0.2) is 4.98 Å². The summed E-state index contributed by atoms with van der Waals surface area (Å²) in [4.78, 5) is 16.4. The number of nitrogens with zero attached hydrogens (tertiary/aromatic N) is 2. The summed E-state index contributed by atoms with van der Waals surface area (Å²) in [5.41, 5.74) is 6.31. The van der Waals surface area contributed by atoms with Crippen LogP contribution >= 0.6 is 23.1 Å². The molecule has 0 aromatic carbocycles. The van der Waals surface area contributed by atoms with E-state index in [9.17, 15) is 4.79 Å². The molecule has 2 heterocycles. The molecule has 0 atom stereocenters. The van der Waals surface area contributed by atoms with Gasteiger partial charge in [-0.3, -0.25) is 9.20 Å². The number of carbonyl (C=O) groups excluding carboxylic acids is 1. The van der Waals surface area contributed by atoms with Crippen molar-refractivity contribution < 1.29 is 4.79 Å². The fourth-order valence-corrected chi connectivity index (χ4v) is 3.31. The first-order valence-corrected chi connectivity index (χ1v) is 7.69. The Morgan fingerprint density at radius 1 is 1.67 bits per heavy atom. The number of nitrogens with two attached hydrogens (primary N) is 1. The quantitative estimate of drug-likeness (QED) is 0.782. The number of aromatic nitrogens is 2. The lowest BCUT2D eigenvalue weighted by Gasteiger charge is -2.04. The Bertz CT molecular complexity index is 573. The van der Waals surface area contributed by atoms with E-state index in [2.05, 4.69) is 14.7 Å². The van der Waals surface area contributed by atoms with Crippen LogP contribution in [-0.4, -0.2) is 27.1 Å². The highest BCUT2D eigenvalue weighted by Crippen LogP contribution is 2.27. The molecule has 2 aromatic heterocycles. The van der Waals surface area contributed by atoms with Crippen LogP contribution in [0, 0.1) is 0 Å². The third-order valence-electron chi connectivity index (χ3n) is 2.81. The molecule has 0 aliphatic heterocycles. The molecule has 0 saturated heterocycles. The van der Waals surface area contributed by atoms with Gasteiger partial charge in [0, 0.05) is 24.2 Å². The molecule has 7 heteroatoms. The zero-order chi connectivity index (χ0) is 12.5. The number of primary amides is 1. The van der Waals surface area contributed by atoms with E-state index in [4.69, 9.17) is 5.73 Å². The van der Waals surface area contributed by atoms with Gasteiger partial charge in [0.05, 0.1) is 11.4 Å².